The molecular formula is C15H10ClN5O5. The van der Waals surface area contributed by atoms with Gasteiger partial charge in [-0.3, -0.25) is 19.7 Å². The molecule has 10 nitrogen and oxygen atoms in total. The van der Waals surface area contributed by atoms with E-state index in [1.807, 2.05) is 0 Å². The van der Waals surface area contributed by atoms with Crippen molar-refractivity contribution in [2.75, 3.05) is 5.01 Å². The molecule has 0 saturated carbocycles. The predicted molar refractivity (Wildman–Crippen MR) is 89.9 cm³/mol. The van der Waals surface area contributed by atoms with Gasteiger partial charge in [-0.25, -0.2) is 0 Å². The van der Waals surface area contributed by atoms with Crippen molar-refractivity contribution in [1.82, 2.24) is 10.2 Å². The molecule has 2 heterocycles. The smallest absolute Gasteiger partial charge is 0.329 e. The number of hydrogen-bond donors (Lipinski definition) is 0. The Morgan fingerprint density at radius 1 is 1.23 bits per heavy atom. The molecule has 0 aliphatic carbocycles. The Kier molecular flexibility index (Phi) is 4.59. The number of carbonyl (C=O) groups is 2. The van der Waals surface area contributed by atoms with Gasteiger partial charge in [0.1, 0.15) is 5.75 Å². The van der Waals surface area contributed by atoms with Crippen LogP contribution in [0.25, 0.3) is 0 Å². The zero-order valence-corrected chi connectivity index (χ0v) is 14.0. The van der Waals surface area contributed by atoms with Crippen LogP contribution in [-0.4, -0.2) is 32.7 Å². The molecule has 0 bridgehead atoms. The number of anilines is 1. The van der Waals surface area contributed by atoms with Gasteiger partial charge in [-0.1, -0.05) is 11.6 Å². The molecule has 0 fully saturated rings. The van der Waals surface area contributed by atoms with E-state index >= 15 is 0 Å². The molecule has 1 aromatic carbocycles. The first-order valence-electron chi connectivity index (χ1n) is 7.21. The second-order valence-corrected chi connectivity index (χ2v) is 5.60. The van der Waals surface area contributed by atoms with Crippen molar-refractivity contribution in [2.45, 2.75) is 6.92 Å². The maximum Gasteiger partial charge on any atom is 0.329 e. The summed E-state index contributed by atoms with van der Waals surface area (Å²) in [6.45, 7) is 1.50. The second kappa shape index (κ2) is 6.84. The van der Waals surface area contributed by atoms with Gasteiger partial charge in [-0.15, -0.1) is 10.2 Å². The molecule has 1 aromatic heterocycles. The van der Waals surface area contributed by atoms with E-state index in [2.05, 4.69) is 15.3 Å². The lowest BCUT2D eigenvalue weighted by atomic mass is 10.1. The van der Waals surface area contributed by atoms with Crippen LogP contribution >= 0.6 is 11.6 Å². The Morgan fingerprint density at radius 2 is 1.92 bits per heavy atom. The first-order chi connectivity index (χ1) is 12.4. The maximum atomic E-state index is 12.5. The van der Waals surface area contributed by atoms with Crippen molar-refractivity contribution < 1.29 is 19.2 Å². The van der Waals surface area contributed by atoms with Gasteiger partial charge in [0.15, 0.2) is 16.9 Å². The lowest BCUT2D eigenvalue weighted by Crippen LogP contribution is -2.35. The van der Waals surface area contributed by atoms with Crippen LogP contribution in [0.15, 0.2) is 41.5 Å². The summed E-state index contributed by atoms with van der Waals surface area (Å²) in [6.07, 6.45) is 0. The number of halogens is 1. The van der Waals surface area contributed by atoms with Crippen molar-refractivity contribution in [2.24, 2.45) is 11.0 Å². The molecule has 0 N–H and O–H groups in total. The molecule has 0 radical (unpaired) electrons. The lowest BCUT2D eigenvalue weighted by molar-refractivity contribution is -0.384. The topological polar surface area (TPSA) is 128 Å². The number of aromatic nitrogens is 2. The summed E-state index contributed by atoms with van der Waals surface area (Å²) >= 11 is 5.65. The Balaban J connectivity index is 1.75. The number of non-ortho nitro benzene ring substituents is 1. The number of nitro benzene ring substituents is 1. The third kappa shape index (κ3) is 3.35. The van der Waals surface area contributed by atoms with Crippen molar-refractivity contribution >= 4 is 40.7 Å². The van der Waals surface area contributed by atoms with E-state index in [1.54, 1.807) is 0 Å². The number of benzene rings is 1. The van der Waals surface area contributed by atoms with Crippen molar-refractivity contribution in [3.63, 3.8) is 0 Å². The Hall–Kier alpha value is -3.40. The van der Waals surface area contributed by atoms with Crippen LogP contribution in [0.3, 0.4) is 0 Å². The van der Waals surface area contributed by atoms with Crippen LogP contribution in [0.2, 0.25) is 5.15 Å². The summed E-state index contributed by atoms with van der Waals surface area (Å²) in [6, 6.07) is 7.79. The van der Waals surface area contributed by atoms with Crippen LogP contribution in [0, 0.1) is 16.0 Å². The second-order valence-electron chi connectivity index (χ2n) is 5.21. The molecular weight excluding hydrogens is 366 g/mol. The van der Waals surface area contributed by atoms with Crippen LogP contribution < -0.4 is 9.75 Å². The Labute approximate surface area is 151 Å². The first-order valence-corrected chi connectivity index (χ1v) is 7.59. The van der Waals surface area contributed by atoms with Crippen molar-refractivity contribution in [1.29, 1.82) is 0 Å². The summed E-state index contributed by atoms with van der Waals surface area (Å²) in [5.41, 5.74) is 0.0747. The summed E-state index contributed by atoms with van der Waals surface area (Å²) in [4.78, 5) is 34.9. The van der Waals surface area contributed by atoms with Gasteiger partial charge in [0.25, 0.3) is 11.6 Å². The fourth-order valence-corrected chi connectivity index (χ4v) is 2.33. The fourth-order valence-electron chi connectivity index (χ4n) is 2.23. The van der Waals surface area contributed by atoms with E-state index < -0.39 is 22.7 Å². The van der Waals surface area contributed by atoms with Gasteiger partial charge in [0.05, 0.1) is 10.6 Å². The van der Waals surface area contributed by atoms with E-state index in [1.165, 1.54) is 43.3 Å². The number of hydrogen-bond acceptors (Lipinski definition) is 8. The molecule has 0 spiro atoms. The van der Waals surface area contributed by atoms with Gasteiger partial charge in [-0.2, -0.15) is 10.1 Å². The Bertz CT molecular complexity index is 913. The Morgan fingerprint density at radius 3 is 2.50 bits per heavy atom. The maximum absolute atomic E-state index is 12.5. The molecule has 1 aliphatic heterocycles. The summed E-state index contributed by atoms with van der Waals surface area (Å²) in [7, 11) is 0. The zero-order valence-electron chi connectivity index (χ0n) is 13.2. The number of hydrazone groups is 1. The average molecular weight is 376 g/mol. The number of nitrogens with zero attached hydrogens (tertiary/aromatic N) is 5. The van der Waals surface area contributed by atoms with Crippen LogP contribution in [-0.2, 0) is 9.59 Å². The van der Waals surface area contributed by atoms with Gasteiger partial charge in [-0.05, 0) is 31.2 Å². The van der Waals surface area contributed by atoms with E-state index in [0.29, 0.717) is 0 Å². The molecule has 1 aliphatic rings. The molecule has 1 atom stereocenters. The van der Waals surface area contributed by atoms with E-state index in [9.17, 15) is 19.7 Å². The average Bonchev–Trinajstić information content (AvgIpc) is 2.90. The predicted octanol–water partition coefficient (Wildman–Crippen LogP) is 1.98. The van der Waals surface area contributed by atoms with E-state index in [4.69, 9.17) is 16.3 Å². The number of esters is 1. The highest BCUT2D eigenvalue weighted by molar-refractivity contribution is 6.29. The van der Waals surface area contributed by atoms with Crippen molar-refractivity contribution in [3.05, 3.63) is 51.7 Å². The zero-order chi connectivity index (χ0) is 18.8. The van der Waals surface area contributed by atoms with Crippen LogP contribution in [0.1, 0.15) is 6.92 Å². The summed E-state index contributed by atoms with van der Waals surface area (Å²) in [5, 5.41) is 23.1. The quantitative estimate of drug-likeness (QED) is 0.263. The van der Waals surface area contributed by atoms with Crippen LogP contribution in [0.4, 0.5) is 11.5 Å². The minimum absolute atomic E-state index is 0.0749. The van der Waals surface area contributed by atoms with Gasteiger partial charge < -0.3 is 4.74 Å². The molecule has 1 amide bonds. The summed E-state index contributed by atoms with van der Waals surface area (Å²) in [5.74, 6) is -2.56. The fraction of sp³-hybridized carbons (Fsp3) is 0.133. The van der Waals surface area contributed by atoms with Gasteiger partial charge in [0.2, 0.25) is 0 Å². The number of amides is 1. The lowest BCUT2D eigenvalue weighted by Gasteiger charge is -2.12. The van der Waals surface area contributed by atoms with E-state index in [-0.39, 0.29) is 28.1 Å². The molecule has 3 rings (SSSR count). The van der Waals surface area contributed by atoms with Crippen molar-refractivity contribution in [3.8, 4) is 5.75 Å². The van der Waals surface area contributed by atoms with Gasteiger partial charge >= 0.3 is 5.97 Å². The van der Waals surface area contributed by atoms with E-state index in [0.717, 1.165) is 5.01 Å². The SMILES string of the molecule is CC1=NN(c2ccc(Cl)nn2)C(=O)C1C(=O)Oc1ccc([N+](=O)[O-])cc1. The molecule has 0 saturated heterocycles. The number of rotatable bonds is 4. The molecule has 2 aromatic rings. The summed E-state index contributed by atoms with van der Waals surface area (Å²) < 4.78 is 5.13. The molecule has 11 heteroatoms. The number of ether oxygens (including phenoxy) is 1. The molecule has 132 valence electrons. The normalized spacial score (nSPS) is 16.4. The molecule has 1 unspecified atom stereocenters. The third-order valence-corrected chi connectivity index (χ3v) is 3.67. The highest BCUT2D eigenvalue weighted by atomic mass is 35.5. The minimum Gasteiger partial charge on any atom is -0.426 e. The number of carbonyl (C=O) groups excluding carboxylic acids is 2. The highest BCUT2D eigenvalue weighted by Crippen LogP contribution is 2.25. The molecule has 26 heavy (non-hydrogen) atoms. The largest absolute Gasteiger partial charge is 0.426 e. The highest BCUT2D eigenvalue weighted by Gasteiger charge is 2.41. The van der Waals surface area contributed by atoms with Gasteiger partial charge in [0, 0.05) is 12.1 Å². The van der Waals surface area contributed by atoms with Crippen LogP contribution in [0.5, 0.6) is 5.75 Å². The standard InChI is InChI=1S/C15H10ClN5O5/c1-8-13(14(22)20(19-8)12-7-6-11(16)17-18-12)15(23)26-10-4-2-9(3-5-10)21(24)25/h2-7,13H,1H3. The first kappa shape index (κ1) is 17.4. The third-order valence-electron chi connectivity index (χ3n) is 3.47. The number of nitro groups is 1. The monoisotopic (exact) mass is 375 g/mol. The minimum atomic E-state index is -1.25.